The molecule has 0 saturated carbocycles. The first kappa shape index (κ1) is 11.7. The third-order valence-corrected chi connectivity index (χ3v) is 2.90. The highest BCUT2D eigenvalue weighted by Gasteiger charge is 2.13. The predicted molar refractivity (Wildman–Crippen MR) is 60.4 cm³/mol. The zero-order valence-corrected chi connectivity index (χ0v) is 9.30. The molecule has 2 nitrogen and oxygen atoms in total. The van der Waals surface area contributed by atoms with E-state index < -0.39 is 0 Å². The van der Waals surface area contributed by atoms with Gasteiger partial charge in [0.2, 0.25) is 0 Å². The van der Waals surface area contributed by atoms with Gasteiger partial charge >= 0.3 is 0 Å². The van der Waals surface area contributed by atoms with Gasteiger partial charge in [0, 0.05) is 19.3 Å². The molecule has 0 aromatic carbocycles. The van der Waals surface area contributed by atoms with Crippen LogP contribution in [0.4, 0.5) is 0 Å². The fourth-order valence-electron chi connectivity index (χ4n) is 1.79. The van der Waals surface area contributed by atoms with Crippen molar-refractivity contribution in [2.75, 3.05) is 19.8 Å². The van der Waals surface area contributed by atoms with Crippen LogP contribution in [-0.4, -0.2) is 25.8 Å². The largest absolute Gasteiger partial charge is 0.381 e. The lowest BCUT2D eigenvalue weighted by atomic mass is 10.00. The molecular weight excluding hydrogens is 174 g/mol. The van der Waals surface area contributed by atoms with Gasteiger partial charge in [-0.1, -0.05) is 6.08 Å². The third-order valence-electron chi connectivity index (χ3n) is 2.90. The van der Waals surface area contributed by atoms with Crippen molar-refractivity contribution in [2.24, 2.45) is 5.92 Å². The summed E-state index contributed by atoms with van der Waals surface area (Å²) < 4.78 is 5.33. The first-order valence-electron chi connectivity index (χ1n) is 5.75. The Balaban J connectivity index is 2.03. The van der Waals surface area contributed by atoms with Gasteiger partial charge in [0.05, 0.1) is 0 Å². The molecule has 0 radical (unpaired) electrons. The second-order valence-electron chi connectivity index (χ2n) is 4.23. The average Bonchev–Trinajstić information content (AvgIpc) is 2.25. The summed E-state index contributed by atoms with van der Waals surface area (Å²) >= 11 is 0. The van der Waals surface area contributed by atoms with Crippen LogP contribution in [0.2, 0.25) is 0 Å². The molecule has 1 heterocycles. The summed E-state index contributed by atoms with van der Waals surface area (Å²) in [4.78, 5) is 0. The number of allylic oxidation sites excluding steroid dienone is 1. The molecule has 0 amide bonds. The molecule has 82 valence electrons. The standard InChI is InChI=1S/C12H23NO/c1-3-4-5-11(2)13-10-12-6-8-14-9-7-12/h3,11-13H,1,4-10H2,2H3. The lowest BCUT2D eigenvalue weighted by molar-refractivity contribution is 0.0655. The Morgan fingerprint density at radius 1 is 1.50 bits per heavy atom. The van der Waals surface area contributed by atoms with E-state index in [1.54, 1.807) is 0 Å². The lowest BCUT2D eigenvalue weighted by Crippen LogP contribution is -2.33. The van der Waals surface area contributed by atoms with Gasteiger partial charge in [-0.2, -0.15) is 0 Å². The van der Waals surface area contributed by atoms with Crippen molar-refractivity contribution in [2.45, 2.75) is 38.6 Å². The summed E-state index contributed by atoms with van der Waals surface area (Å²) in [5.74, 6) is 0.829. The minimum Gasteiger partial charge on any atom is -0.381 e. The number of nitrogens with one attached hydrogen (secondary N) is 1. The van der Waals surface area contributed by atoms with Gasteiger partial charge in [-0.15, -0.1) is 6.58 Å². The van der Waals surface area contributed by atoms with Gasteiger partial charge < -0.3 is 10.1 Å². The van der Waals surface area contributed by atoms with Crippen molar-refractivity contribution in [3.8, 4) is 0 Å². The van der Waals surface area contributed by atoms with E-state index in [0.29, 0.717) is 6.04 Å². The fraction of sp³-hybridized carbons (Fsp3) is 0.833. The number of ether oxygens (including phenoxy) is 1. The van der Waals surface area contributed by atoms with Gasteiger partial charge in [-0.3, -0.25) is 0 Å². The maximum Gasteiger partial charge on any atom is 0.0469 e. The minimum atomic E-state index is 0.621. The third kappa shape index (κ3) is 4.77. The number of rotatable bonds is 6. The van der Waals surface area contributed by atoms with Crippen molar-refractivity contribution in [1.29, 1.82) is 0 Å². The van der Waals surface area contributed by atoms with Gasteiger partial charge in [-0.05, 0) is 45.1 Å². The molecule has 0 aromatic rings. The van der Waals surface area contributed by atoms with Crippen molar-refractivity contribution in [1.82, 2.24) is 5.32 Å². The minimum absolute atomic E-state index is 0.621. The Morgan fingerprint density at radius 2 is 2.21 bits per heavy atom. The van der Waals surface area contributed by atoms with Crippen LogP contribution < -0.4 is 5.32 Å². The van der Waals surface area contributed by atoms with Crippen molar-refractivity contribution < 1.29 is 4.74 Å². The van der Waals surface area contributed by atoms with E-state index in [0.717, 1.165) is 32.1 Å². The molecule has 0 aromatic heterocycles. The highest BCUT2D eigenvalue weighted by atomic mass is 16.5. The Kier molecular flexibility index (Phi) is 5.88. The Hall–Kier alpha value is -0.340. The molecular formula is C12H23NO. The molecule has 2 heteroatoms. The summed E-state index contributed by atoms with van der Waals surface area (Å²) in [5, 5.41) is 3.58. The SMILES string of the molecule is C=CCCC(C)NCC1CCOCC1. The molecule has 0 bridgehead atoms. The van der Waals surface area contributed by atoms with E-state index in [1.807, 2.05) is 6.08 Å². The van der Waals surface area contributed by atoms with Crippen LogP contribution in [0.1, 0.15) is 32.6 Å². The molecule has 1 unspecified atom stereocenters. The van der Waals surface area contributed by atoms with E-state index in [1.165, 1.54) is 19.3 Å². The summed E-state index contributed by atoms with van der Waals surface area (Å²) in [6.07, 6.45) is 6.75. The van der Waals surface area contributed by atoms with Gasteiger partial charge in [-0.25, -0.2) is 0 Å². The predicted octanol–water partition coefficient (Wildman–Crippen LogP) is 2.36. The maximum atomic E-state index is 5.33. The smallest absolute Gasteiger partial charge is 0.0469 e. The van der Waals surface area contributed by atoms with Crippen molar-refractivity contribution >= 4 is 0 Å². The molecule has 0 aliphatic carbocycles. The van der Waals surface area contributed by atoms with Crippen molar-refractivity contribution in [3.63, 3.8) is 0 Å². The second kappa shape index (κ2) is 7.02. The van der Waals surface area contributed by atoms with Crippen LogP contribution in [0, 0.1) is 5.92 Å². The van der Waals surface area contributed by atoms with Crippen LogP contribution in [0.15, 0.2) is 12.7 Å². The Morgan fingerprint density at radius 3 is 2.86 bits per heavy atom. The van der Waals surface area contributed by atoms with E-state index in [4.69, 9.17) is 4.74 Å². The highest BCUT2D eigenvalue weighted by Crippen LogP contribution is 2.13. The monoisotopic (exact) mass is 197 g/mol. The summed E-state index contributed by atoms with van der Waals surface area (Å²) in [6, 6.07) is 0.621. The van der Waals surface area contributed by atoms with E-state index in [2.05, 4.69) is 18.8 Å². The Labute approximate surface area is 87.7 Å². The van der Waals surface area contributed by atoms with E-state index >= 15 is 0 Å². The maximum absolute atomic E-state index is 5.33. The Bertz CT molecular complexity index is 152. The molecule has 1 atom stereocenters. The fourth-order valence-corrected chi connectivity index (χ4v) is 1.79. The summed E-state index contributed by atoms with van der Waals surface area (Å²) in [6.45, 7) is 9.05. The zero-order chi connectivity index (χ0) is 10.2. The van der Waals surface area contributed by atoms with Crippen molar-refractivity contribution in [3.05, 3.63) is 12.7 Å². The molecule has 0 spiro atoms. The van der Waals surface area contributed by atoms with Crippen LogP contribution in [0.25, 0.3) is 0 Å². The zero-order valence-electron chi connectivity index (χ0n) is 9.30. The van der Waals surface area contributed by atoms with Crippen LogP contribution in [0.3, 0.4) is 0 Å². The van der Waals surface area contributed by atoms with E-state index in [9.17, 15) is 0 Å². The molecule has 1 rings (SSSR count). The average molecular weight is 197 g/mol. The lowest BCUT2D eigenvalue weighted by Gasteiger charge is -2.24. The molecule has 1 aliphatic heterocycles. The normalized spacial score (nSPS) is 20.6. The second-order valence-corrected chi connectivity index (χ2v) is 4.23. The molecule has 1 fully saturated rings. The van der Waals surface area contributed by atoms with Crippen LogP contribution in [0.5, 0.6) is 0 Å². The van der Waals surface area contributed by atoms with E-state index in [-0.39, 0.29) is 0 Å². The molecule has 14 heavy (non-hydrogen) atoms. The highest BCUT2D eigenvalue weighted by molar-refractivity contribution is 4.73. The quantitative estimate of drug-likeness (QED) is 0.660. The number of hydrogen-bond acceptors (Lipinski definition) is 2. The molecule has 1 saturated heterocycles. The van der Waals surface area contributed by atoms with Gasteiger partial charge in [0.25, 0.3) is 0 Å². The topological polar surface area (TPSA) is 21.3 Å². The van der Waals surface area contributed by atoms with Gasteiger partial charge in [0.15, 0.2) is 0 Å². The van der Waals surface area contributed by atoms with Gasteiger partial charge in [0.1, 0.15) is 0 Å². The summed E-state index contributed by atoms with van der Waals surface area (Å²) in [7, 11) is 0. The number of hydrogen-bond donors (Lipinski definition) is 1. The first-order valence-corrected chi connectivity index (χ1v) is 5.75. The molecule has 1 aliphatic rings. The van der Waals surface area contributed by atoms with Crippen LogP contribution in [-0.2, 0) is 4.74 Å². The molecule has 1 N–H and O–H groups in total. The summed E-state index contributed by atoms with van der Waals surface area (Å²) in [5.41, 5.74) is 0. The van der Waals surface area contributed by atoms with Crippen LogP contribution >= 0.6 is 0 Å². The first-order chi connectivity index (χ1) is 6.83.